The van der Waals surface area contributed by atoms with E-state index in [2.05, 4.69) is 50.0 Å². The third kappa shape index (κ3) is 2.56. The van der Waals surface area contributed by atoms with Crippen LogP contribution in [0.3, 0.4) is 0 Å². The van der Waals surface area contributed by atoms with E-state index in [0.29, 0.717) is 6.54 Å². The van der Waals surface area contributed by atoms with Crippen molar-refractivity contribution in [2.45, 2.75) is 32.7 Å². The zero-order valence-electron chi connectivity index (χ0n) is 10.5. The quantitative estimate of drug-likeness (QED) is 0.880. The molecule has 0 aliphatic carbocycles. The third-order valence-electron chi connectivity index (χ3n) is 2.85. The number of nitrogens with zero attached hydrogens (tertiary/aromatic N) is 1. The molecule has 0 radical (unpaired) electrons. The highest BCUT2D eigenvalue weighted by molar-refractivity contribution is 7.13. The summed E-state index contributed by atoms with van der Waals surface area (Å²) in [5.74, 6) is 0. The summed E-state index contributed by atoms with van der Waals surface area (Å²) < 4.78 is 0. The first kappa shape index (κ1) is 12.3. The first-order valence-electron chi connectivity index (χ1n) is 5.75. The maximum atomic E-state index is 5.68. The van der Waals surface area contributed by atoms with E-state index in [1.54, 1.807) is 11.3 Å². The Kier molecular flexibility index (Phi) is 3.31. The molecule has 2 N–H and O–H groups in total. The lowest BCUT2D eigenvalue weighted by Gasteiger charge is -2.19. The van der Waals surface area contributed by atoms with Crippen LogP contribution in [-0.2, 0) is 12.0 Å². The van der Waals surface area contributed by atoms with Crippen LogP contribution < -0.4 is 5.73 Å². The van der Waals surface area contributed by atoms with Gasteiger partial charge in [-0.1, -0.05) is 45.0 Å². The molecule has 0 bridgehead atoms. The summed E-state index contributed by atoms with van der Waals surface area (Å²) in [4.78, 5) is 5.46. The Morgan fingerprint density at radius 1 is 1.18 bits per heavy atom. The predicted octanol–water partition coefficient (Wildman–Crippen LogP) is 3.57. The summed E-state index contributed by atoms with van der Waals surface area (Å²) >= 11 is 1.65. The van der Waals surface area contributed by atoms with E-state index in [0.717, 1.165) is 5.69 Å². The minimum atomic E-state index is 0.197. The fraction of sp³-hybridized carbons (Fsp3) is 0.357. The van der Waals surface area contributed by atoms with Crippen LogP contribution in [0.2, 0.25) is 0 Å². The minimum absolute atomic E-state index is 0.197. The Morgan fingerprint density at radius 2 is 1.82 bits per heavy atom. The average molecular weight is 246 g/mol. The zero-order valence-corrected chi connectivity index (χ0v) is 11.3. The molecule has 0 saturated carbocycles. The molecule has 0 spiro atoms. The number of benzene rings is 1. The highest BCUT2D eigenvalue weighted by Gasteiger charge is 2.14. The highest BCUT2D eigenvalue weighted by atomic mass is 32.1. The molecular weight excluding hydrogens is 228 g/mol. The summed E-state index contributed by atoms with van der Waals surface area (Å²) in [6.07, 6.45) is 0. The lowest BCUT2D eigenvalue weighted by molar-refractivity contribution is 0.590. The largest absolute Gasteiger partial charge is 0.325 e. The van der Waals surface area contributed by atoms with Crippen LogP contribution in [0, 0.1) is 0 Å². The summed E-state index contributed by atoms with van der Waals surface area (Å²) in [6, 6.07) is 8.70. The second-order valence-corrected chi connectivity index (χ2v) is 6.01. The van der Waals surface area contributed by atoms with E-state index < -0.39 is 0 Å². The van der Waals surface area contributed by atoms with Gasteiger partial charge < -0.3 is 5.73 Å². The van der Waals surface area contributed by atoms with Crippen molar-refractivity contribution >= 4 is 11.3 Å². The van der Waals surface area contributed by atoms with Crippen LogP contribution in [0.25, 0.3) is 10.4 Å². The van der Waals surface area contributed by atoms with Crippen molar-refractivity contribution in [1.82, 2.24) is 4.98 Å². The fourth-order valence-electron chi connectivity index (χ4n) is 1.77. The van der Waals surface area contributed by atoms with Gasteiger partial charge in [0.2, 0.25) is 0 Å². The van der Waals surface area contributed by atoms with Crippen molar-refractivity contribution in [3.05, 3.63) is 41.0 Å². The molecule has 2 rings (SSSR count). The predicted molar refractivity (Wildman–Crippen MR) is 74.1 cm³/mol. The monoisotopic (exact) mass is 246 g/mol. The van der Waals surface area contributed by atoms with Crippen LogP contribution in [0.15, 0.2) is 29.8 Å². The molecule has 0 aliphatic rings. The van der Waals surface area contributed by atoms with Gasteiger partial charge in [-0.3, -0.25) is 0 Å². The topological polar surface area (TPSA) is 38.9 Å². The van der Waals surface area contributed by atoms with Crippen LogP contribution >= 0.6 is 11.3 Å². The molecule has 17 heavy (non-hydrogen) atoms. The van der Waals surface area contributed by atoms with Crippen LogP contribution in [0.4, 0.5) is 0 Å². The number of nitrogens with two attached hydrogens (primary N) is 1. The molecule has 2 aromatic rings. The summed E-state index contributed by atoms with van der Waals surface area (Å²) in [7, 11) is 0. The van der Waals surface area contributed by atoms with E-state index in [9.17, 15) is 0 Å². The Bertz CT molecular complexity index is 492. The summed E-state index contributed by atoms with van der Waals surface area (Å²) in [5, 5.41) is 0. The maximum Gasteiger partial charge on any atom is 0.0802 e. The molecule has 1 aromatic heterocycles. The molecule has 1 aromatic carbocycles. The Hall–Kier alpha value is -1.19. The average Bonchev–Trinajstić information content (AvgIpc) is 2.76. The number of hydrogen-bond acceptors (Lipinski definition) is 3. The lowest BCUT2D eigenvalue weighted by Crippen LogP contribution is -2.10. The first-order valence-corrected chi connectivity index (χ1v) is 6.63. The molecule has 0 fully saturated rings. The number of aromatic nitrogens is 1. The first-order chi connectivity index (χ1) is 8.02. The molecular formula is C14H18N2S. The molecule has 0 unspecified atom stereocenters. The van der Waals surface area contributed by atoms with Crippen molar-refractivity contribution in [2.24, 2.45) is 5.73 Å². The van der Waals surface area contributed by atoms with Crippen molar-refractivity contribution in [2.75, 3.05) is 0 Å². The molecule has 0 aliphatic heterocycles. The van der Waals surface area contributed by atoms with E-state index in [1.165, 1.54) is 16.0 Å². The minimum Gasteiger partial charge on any atom is -0.325 e. The number of hydrogen-bond donors (Lipinski definition) is 1. The van der Waals surface area contributed by atoms with Crippen LogP contribution in [0.5, 0.6) is 0 Å². The van der Waals surface area contributed by atoms with Crippen molar-refractivity contribution in [1.29, 1.82) is 0 Å². The Morgan fingerprint density at radius 3 is 2.35 bits per heavy atom. The Balaban J connectivity index is 2.36. The van der Waals surface area contributed by atoms with Gasteiger partial charge in [-0.15, -0.1) is 11.3 Å². The number of rotatable bonds is 2. The molecule has 0 saturated heterocycles. The van der Waals surface area contributed by atoms with E-state index in [4.69, 9.17) is 5.73 Å². The SMILES string of the molecule is CC(C)(C)c1ccc(-c2scnc2CN)cc1. The lowest BCUT2D eigenvalue weighted by atomic mass is 9.86. The second-order valence-electron chi connectivity index (χ2n) is 5.16. The van der Waals surface area contributed by atoms with Crippen molar-refractivity contribution in [3.8, 4) is 10.4 Å². The summed E-state index contributed by atoms with van der Waals surface area (Å²) in [5.41, 5.74) is 11.3. The van der Waals surface area contributed by atoms with Gasteiger partial charge in [0.1, 0.15) is 0 Å². The summed E-state index contributed by atoms with van der Waals surface area (Å²) in [6.45, 7) is 7.17. The zero-order chi connectivity index (χ0) is 12.5. The highest BCUT2D eigenvalue weighted by Crippen LogP contribution is 2.30. The number of thiazole rings is 1. The van der Waals surface area contributed by atoms with Gasteiger partial charge in [-0.05, 0) is 16.5 Å². The van der Waals surface area contributed by atoms with Gasteiger partial charge in [0.25, 0.3) is 0 Å². The smallest absolute Gasteiger partial charge is 0.0802 e. The standard InChI is InChI=1S/C14H18N2S/c1-14(2,3)11-6-4-10(5-7-11)13-12(8-15)16-9-17-13/h4-7,9H,8,15H2,1-3H3. The van der Waals surface area contributed by atoms with Crippen LogP contribution in [0.1, 0.15) is 32.0 Å². The van der Waals surface area contributed by atoms with E-state index >= 15 is 0 Å². The van der Waals surface area contributed by atoms with Gasteiger partial charge in [0, 0.05) is 6.54 Å². The van der Waals surface area contributed by atoms with Gasteiger partial charge >= 0.3 is 0 Å². The molecule has 0 amide bonds. The van der Waals surface area contributed by atoms with E-state index in [1.807, 2.05) is 5.51 Å². The van der Waals surface area contributed by atoms with Crippen molar-refractivity contribution in [3.63, 3.8) is 0 Å². The molecule has 1 heterocycles. The van der Waals surface area contributed by atoms with Gasteiger partial charge in [-0.2, -0.15) is 0 Å². The molecule has 90 valence electrons. The maximum absolute atomic E-state index is 5.68. The van der Waals surface area contributed by atoms with Gasteiger partial charge in [0.05, 0.1) is 16.1 Å². The van der Waals surface area contributed by atoms with Gasteiger partial charge in [0.15, 0.2) is 0 Å². The molecule has 0 atom stereocenters. The van der Waals surface area contributed by atoms with E-state index in [-0.39, 0.29) is 5.41 Å². The van der Waals surface area contributed by atoms with Gasteiger partial charge in [-0.25, -0.2) is 4.98 Å². The molecule has 3 heteroatoms. The van der Waals surface area contributed by atoms with Crippen LogP contribution in [-0.4, -0.2) is 4.98 Å². The normalized spacial score (nSPS) is 11.8. The fourth-order valence-corrected chi connectivity index (χ4v) is 2.60. The third-order valence-corrected chi connectivity index (χ3v) is 3.77. The molecule has 2 nitrogen and oxygen atoms in total. The van der Waals surface area contributed by atoms with Crippen molar-refractivity contribution < 1.29 is 0 Å². The second kappa shape index (κ2) is 4.59. The Labute approximate surface area is 107 Å².